The molecule has 0 bridgehead atoms. The predicted molar refractivity (Wildman–Crippen MR) is 66.2 cm³/mol. The van der Waals surface area contributed by atoms with Crippen LogP contribution in [0.2, 0.25) is 10.3 Å². The molecular formula is C11H6Cl2N4. The highest BCUT2D eigenvalue weighted by Crippen LogP contribution is 2.25. The lowest BCUT2D eigenvalue weighted by Crippen LogP contribution is -1.88. The second-order valence-electron chi connectivity index (χ2n) is 3.43. The Labute approximate surface area is 107 Å². The van der Waals surface area contributed by atoms with Crippen molar-refractivity contribution in [2.75, 3.05) is 0 Å². The molecular weight excluding hydrogens is 259 g/mol. The van der Waals surface area contributed by atoms with Crippen LogP contribution in [0.1, 0.15) is 0 Å². The number of nitrogens with zero attached hydrogens (tertiary/aromatic N) is 4. The van der Waals surface area contributed by atoms with Crippen LogP contribution in [0.4, 0.5) is 0 Å². The molecule has 0 N–H and O–H groups in total. The average molecular weight is 265 g/mol. The summed E-state index contributed by atoms with van der Waals surface area (Å²) in [4.78, 5) is 12.3. The predicted octanol–water partition coefficient (Wildman–Crippen LogP) is 3.10. The van der Waals surface area contributed by atoms with E-state index >= 15 is 0 Å². The van der Waals surface area contributed by atoms with Crippen LogP contribution in [0.3, 0.4) is 0 Å². The molecule has 0 saturated heterocycles. The van der Waals surface area contributed by atoms with E-state index < -0.39 is 0 Å². The number of pyridine rings is 1. The van der Waals surface area contributed by atoms with Crippen molar-refractivity contribution >= 4 is 28.8 Å². The minimum Gasteiger partial charge on any atom is -0.306 e. The molecule has 17 heavy (non-hydrogen) atoms. The van der Waals surface area contributed by atoms with Gasteiger partial charge in [0.15, 0.2) is 0 Å². The summed E-state index contributed by atoms with van der Waals surface area (Å²) in [5.41, 5.74) is 2.04. The van der Waals surface area contributed by atoms with Gasteiger partial charge in [-0.1, -0.05) is 17.7 Å². The van der Waals surface area contributed by atoms with Crippen molar-refractivity contribution in [2.45, 2.75) is 0 Å². The fourth-order valence-corrected chi connectivity index (χ4v) is 1.90. The van der Waals surface area contributed by atoms with Gasteiger partial charge in [-0.25, -0.2) is 15.0 Å². The van der Waals surface area contributed by atoms with Crippen LogP contribution < -0.4 is 0 Å². The number of halogens is 2. The first-order valence-electron chi connectivity index (χ1n) is 4.86. The zero-order chi connectivity index (χ0) is 11.8. The Morgan fingerprint density at radius 1 is 1.12 bits per heavy atom. The summed E-state index contributed by atoms with van der Waals surface area (Å²) in [5.74, 6) is 0. The molecule has 0 saturated carbocycles. The monoisotopic (exact) mass is 264 g/mol. The summed E-state index contributed by atoms with van der Waals surface area (Å²) >= 11 is 11.8. The first kappa shape index (κ1) is 10.5. The van der Waals surface area contributed by atoms with Crippen molar-refractivity contribution in [3.05, 3.63) is 47.1 Å². The lowest BCUT2D eigenvalue weighted by molar-refractivity contribution is 1.16. The Kier molecular flexibility index (Phi) is 2.46. The van der Waals surface area contributed by atoms with Crippen molar-refractivity contribution in [2.24, 2.45) is 0 Å². The molecule has 0 radical (unpaired) electrons. The minimum absolute atomic E-state index is 0.154. The van der Waals surface area contributed by atoms with Crippen LogP contribution in [0.15, 0.2) is 36.8 Å². The van der Waals surface area contributed by atoms with E-state index in [2.05, 4.69) is 15.0 Å². The first-order valence-corrected chi connectivity index (χ1v) is 5.62. The molecule has 0 fully saturated rings. The smallest absolute Gasteiger partial charge is 0.223 e. The van der Waals surface area contributed by atoms with Gasteiger partial charge in [-0.2, -0.15) is 0 Å². The van der Waals surface area contributed by atoms with E-state index in [0.29, 0.717) is 16.4 Å². The minimum atomic E-state index is 0.154. The van der Waals surface area contributed by atoms with Gasteiger partial charge in [0.25, 0.3) is 0 Å². The van der Waals surface area contributed by atoms with Gasteiger partial charge in [-0.15, -0.1) is 0 Å². The largest absolute Gasteiger partial charge is 0.306 e. The Bertz CT molecular complexity index is 660. The van der Waals surface area contributed by atoms with Gasteiger partial charge >= 0.3 is 0 Å². The number of hydrogen-bond acceptors (Lipinski definition) is 3. The summed E-state index contributed by atoms with van der Waals surface area (Å²) < 4.78 is 1.89. The zero-order valence-electron chi connectivity index (χ0n) is 8.51. The highest BCUT2D eigenvalue weighted by atomic mass is 35.5. The van der Waals surface area contributed by atoms with Gasteiger partial charge in [0.2, 0.25) is 5.28 Å². The maximum absolute atomic E-state index is 6.03. The maximum Gasteiger partial charge on any atom is 0.223 e. The summed E-state index contributed by atoms with van der Waals surface area (Å²) in [7, 11) is 0. The van der Waals surface area contributed by atoms with Crippen molar-refractivity contribution in [1.82, 2.24) is 19.4 Å². The van der Waals surface area contributed by atoms with Crippen LogP contribution in [0.5, 0.6) is 0 Å². The van der Waals surface area contributed by atoms with E-state index in [1.54, 1.807) is 0 Å². The molecule has 0 aliphatic carbocycles. The molecule has 3 heterocycles. The molecule has 3 aromatic rings. The second kappa shape index (κ2) is 3.98. The standard InChI is InChI=1S/C11H6Cl2N4/c12-7-5-14-11(13)16-10(7)8-6-17-4-2-1-3-9(17)15-8/h1-6H. The zero-order valence-corrected chi connectivity index (χ0v) is 10.0. The van der Waals surface area contributed by atoms with E-state index in [1.165, 1.54) is 6.20 Å². The van der Waals surface area contributed by atoms with Crippen molar-refractivity contribution in [3.63, 3.8) is 0 Å². The first-order chi connectivity index (χ1) is 8.24. The maximum atomic E-state index is 6.03. The van der Waals surface area contributed by atoms with E-state index in [9.17, 15) is 0 Å². The van der Waals surface area contributed by atoms with Crippen molar-refractivity contribution in [3.8, 4) is 11.4 Å². The lowest BCUT2D eigenvalue weighted by Gasteiger charge is -1.98. The van der Waals surface area contributed by atoms with E-state index in [4.69, 9.17) is 23.2 Å². The van der Waals surface area contributed by atoms with Crippen molar-refractivity contribution in [1.29, 1.82) is 0 Å². The van der Waals surface area contributed by atoms with E-state index in [1.807, 2.05) is 35.0 Å². The van der Waals surface area contributed by atoms with E-state index in [0.717, 1.165) is 5.65 Å². The Balaban J connectivity index is 2.23. The highest BCUT2D eigenvalue weighted by Gasteiger charge is 2.10. The Morgan fingerprint density at radius 2 is 2.00 bits per heavy atom. The van der Waals surface area contributed by atoms with Gasteiger partial charge in [0.1, 0.15) is 17.0 Å². The number of rotatable bonds is 1. The van der Waals surface area contributed by atoms with Gasteiger partial charge in [0.05, 0.1) is 11.2 Å². The van der Waals surface area contributed by atoms with Crippen LogP contribution in [-0.4, -0.2) is 19.4 Å². The van der Waals surface area contributed by atoms with Gasteiger partial charge in [0, 0.05) is 12.4 Å². The van der Waals surface area contributed by atoms with Gasteiger partial charge in [-0.3, -0.25) is 0 Å². The SMILES string of the molecule is Clc1ncc(Cl)c(-c2cn3ccccc3n2)n1. The molecule has 0 unspecified atom stereocenters. The third-order valence-corrected chi connectivity index (χ3v) is 2.78. The van der Waals surface area contributed by atoms with Gasteiger partial charge < -0.3 is 4.40 Å². The fourth-order valence-electron chi connectivity index (χ4n) is 1.57. The summed E-state index contributed by atoms with van der Waals surface area (Å²) in [6, 6.07) is 5.74. The van der Waals surface area contributed by atoms with Crippen LogP contribution in [-0.2, 0) is 0 Å². The number of hydrogen-bond donors (Lipinski definition) is 0. The molecule has 0 spiro atoms. The molecule has 6 heteroatoms. The molecule has 3 aromatic heterocycles. The average Bonchev–Trinajstić information content (AvgIpc) is 2.75. The van der Waals surface area contributed by atoms with Crippen molar-refractivity contribution < 1.29 is 0 Å². The number of aromatic nitrogens is 4. The molecule has 0 amide bonds. The third-order valence-electron chi connectivity index (χ3n) is 2.32. The Morgan fingerprint density at radius 3 is 2.82 bits per heavy atom. The molecule has 0 atom stereocenters. The molecule has 84 valence electrons. The summed E-state index contributed by atoms with van der Waals surface area (Å²) in [6.07, 6.45) is 5.22. The van der Waals surface area contributed by atoms with Gasteiger partial charge in [-0.05, 0) is 23.7 Å². The number of imidazole rings is 1. The fraction of sp³-hybridized carbons (Fsp3) is 0. The Hall–Kier alpha value is -1.65. The molecule has 0 aliphatic rings. The van der Waals surface area contributed by atoms with E-state index in [-0.39, 0.29) is 5.28 Å². The van der Waals surface area contributed by atoms with Crippen LogP contribution in [0, 0.1) is 0 Å². The quantitative estimate of drug-likeness (QED) is 0.635. The molecule has 0 aromatic carbocycles. The second-order valence-corrected chi connectivity index (χ2v) is 4.17. The number of fused-ring (bicyclic) bond motifs is 1. The summed E-state index contributed by atoms with van der Waals surface area (Å²) in [5, 5.41) is 0.583. The highest BCUT2D eigenvalue weighted by molar-refractivity contribution is 6.33. The van der Waals surface area contributed by atoms with Crippen LogP contribution in [0.25, 0.3) is 17.0 Å². The van der Waals surface area contributed by atoms with Crippen LogP contribution >= 0.6 is 23.2 Å². The molecule has 3 rings (SSSR count). The summed E-state index contributed by atoms with van der Waals surface area (Å²) in [6.45, 7) is 0. The third kappa shape index (κ3) is 1.85. The lowest BCUT2D eigenvalue weighted by atomic mass is 10.3. The molecule has 4 nitrogen and oxygen atoms in total. The topological polar surface area (TPSA) is 43.1 Å². The molecule has 0 aliphatic heterocycles. The normalized spacial score (nSPS) is 10.9.